The highest BCUT2D eigenvalue weighted by molar-refractivity contribution is 5.71. The molecular formula is C17H21N3O3. The lowest BCUT2D eigenvalue weighted by atomic mass is 9.98. The van der Waals surface area contributed by atoms with Gasteiger partial charge in [0.1, 0.15) is 5.75 Å². The van der Waals surface area contributed by atoms with E-state index in [4.69, 9.17) is 4.74 Å². The predicted molar refractivity (Wildman–Crippen MR) is 87.8 cm³/mol. The number of aromatic nitrogens is 2. The van der Waals surface area contributed by atoms with Crippen molar-refractivity contribution in [3.05, 3.63) is 30.3 Å². The second-order valence-corrected chi connectivity index (χ2v) is 5.72. The molecule has 23 heavy (non-hydrogen) atoms. The smallest absolute Gasteiger partial charge is 0.308 e. The zero-order valence-corrected chi connectivity index (χ0v) is 13.2. The van der Waals surface area contributed by atoms with E-state index in [-0.39, 0.29) is 5.92 Å². The summed E-state index contributed by atoms with van der Waals surface area (Å²) in [6.45, 7) is 3.96. The Bertz CT molecular complexity index is 666. The van der Waals surface area contributed by atoms with Crippen LogP contribution in [-0.2, 0) is 4.79 Å². The van der Waals surface area contributed by atoms with Crippen molar-refractivity contribution >= 4 is 11.8 Å². The predicted octanol–water partition coefficient (Wildman–Crippen LogP) is 2.78. The van der Waals surface area contributed by atoms with Crippen LogP contribution in [0.4, 0.5) is 5.82 Å². The number of H-pyrrole nitrogens is 1. The summed E-state index contributed by atoms with van der Waals surface area (Å²) in [7, 11) is 0. The summed E-state index contributed by atoms with van der Waals surface area (Å²) in [5.41, 5.74) is 1.94. The number of benzene rings is 1. The summed E-state index contributed by atoms with van der Waals surface area (Å²) in [6.07, 6.45) is 1.62. The Morgan fingerprint density at radius 3 is 2.91 bits per heavy atom. The molecule has 6 heteroatoms. The van der Waals surface area contributed by atoms with Crippen molar-refractivity contribution in [1.29, 1.82) is 0 Å². The number of rotatable bonds is 5. The van der Waals surface area contributed by atoms with Crippen LogP contribution in [0.5, 0.6) is 5.75 Å². The minimum Gasteiger partial charge on any atom is -0.494 e. The van der Waals surface area contributed by atoms with E-state index in [1.807, 2.05) is 42.2 Å². The molecule has 1 unspecified atom stereocenters. The number of aromatic amines is 1. The molecule has 2 aromatic rings. The molecular weight excluding hydrogens is 294 g/mol. The molecule has 1 saturated heterocycles. The molecule has 0 amide bonds. The molecule has 2 N–H and O–H groups in total. The van der Waals surface area contributed by atoms with Crippen LogP contribution in [0.3, 0.4) is 0 Å². The molecule has 2 heterocycles. The van der Waals surface area contributed by atoms with Gasteiger partial charge >= 0.3 is 5.97 Å². The summed E-state index contributed by atoms with van der Waals surface area (Å²) in [5.74, 6) is 0.613. The van der Waals surface area contributed by atoms with Gasteiger partial charge in [-0.15, -0.1) is 0 Å². The van der Waals surface area contributed by atoms with Gasteiger partial charge in [-0.3, -0.25) is 9.89 Å². The highest BCUT2D eigenvalue weighted by Gasteiger charge is 2.26. The zero-order valence-electron chi connectivity index (χ0n) is 13.2. The van der Waals surface area contributed by atoms with E-state index >= 15 is 0 Å². The number of hydrogen-bond donors (Lipinski definition) is 2. The first-order chi connectivity index (χ1) is 11.2. The third-order valence-corrected chi connectivity index (χ3v) is 4.14. The number of piperidine rings is 1. The van der Waals surface area contributed by atoms with E-state index in [0.717, 1.165) is 42.2 Å². The van der Waals surface area contributed by atoms with Crippen LogP contribution in [0.2, 0.25) is 0 Å². The number of nitrogens with one attached hydrogen (secondary N) is 1. The first-order valence-corrected chi connectivity index (χ1v) is 7.93. The number of nitrogens with zero attached hydrogens (tertiary/aromatic N) is 2. The van der Waals surface area contributed by atoms with Crippen molar-refractivity contribution in [3.63, 3.8) is 0 Å². The zero-order chi connectivity index (χ0) is 16.2. The Balaban J connectivity index is 1.73. The minimum atomic E-state index is -0.725. The second-order valence-electron chi connectivity index (χ2n) is 5.72. The average Bonchev–Trinajstić information content (AvgIpc) is 3.06. The number of aliphatic carboxylic acids is 1. The molecule has 0 aliphatic carbocycles. The number of ether oxygens (including phenoxy) is 1. The van der Waals surface area contributed by atoms with Crippen molar-refractivity contribution in [2.45, 2.75) is 19.8 Å². The summed E-state index contributed by atoms with van der Waals surface area (Å²) < 4.78 is 5.44. The van der Waals surface area contributed by atoms with Crippen LogP contribution in [0.15, 0.2) is 30.3 Å². The van der Waals surface area contributed by atoms with Gasteiger partial charge in [0.15, 0.2) is 5.82 Å². The van der Waals surface area contributed by atoms with Crippen molar-refractivity contribution in [3.8, 4) is 17.0 Å². The molecule has 1 aromatic carbocycles. The van der Waals surface area contributed by atoms with Gasteiger partial charge in [-0.25, -0.2) is 0 Å². The molecule has 0 bridgehead atoms. The fourth-order valence-electron chi connectivity index (χ4n) is 2.91. The van der Waals surface area contributed by atoms with Gasteiger partial charge < -0.3 is 14.7 Å². The molecule has 122 valence electrons. The maximum absolute atomic E-state index is 11.2. The van der Waals surface area contributed by atoms with Gasteiger partial charge in [-0.2, -0.15) is 5.10 Å². The molecule has 0 radical (unpaired) electrons. The van der Waals surface area contributed by atoms with Crippen LogP contribution < -0.4 is 9.64 Å². The topological polar surface area (TPSA) is 78.4 Å². The van der Waals surface area contributed by atoms with Gasteiger partial charge in [0.25, 0.3) is 0 Å². The standard InChI is InChI=1S/C17H21N3O3/c1-2-23-14-7-5-12(6-8-14)15-10-16(19-18-15)20-9-3-4-13(11-20)17(21)22/h5-8,10,13H,2-4,9,11H2,1H3,(H,18,19)(H,21,22). The normalized spacial score (nSPS) is 18.0. The van der Waals surface area contributed by atoms with E-state index in [1.54, 1.807) is 0 Å². The largest absolute Gasteiger partial charge is 0.494 e. The van der Waals surface area contributed by atoms with E-state index in [0.29, 0.717) is 13.2 Å². The Morgan fingerprint density at radius 1 is 1.43 bits per heavy atom. The lowest BCUT2D eigenvalue weighted by Crippen LogP contribution is -2.38. The number of carboxylic acids is 1. The van der Waals surface area contributed by atoms with Crippen LogP contribution in [0, 0.1) is 5.92 Å². The highest BCUT2D eigenvalue weighted by Crippen LogP contribution is 2.27. The van der Waals surface area contributed by atoms with Crippen molar-refractivity contribution in [2.24, 2.45) is 5.92 Å². The van der Waals surface area contributed by atoms with Gasteiger partial charge in [0.05, 0.1) is 18.2 Å². The van der Waals surface area contributed by atoms with Gasteiger partial charge in [-0.1, -0.05) is 0 Å². The Labute approximate surface area is 135 Å². The Hall–Kier alpha value is -2.50. The van der Waals surface area contributed by atoms with E-state index in [1.165, 1.54) is 0 Å². The van der Waals surface area contributed by atoms with Crippen molar-refractivity contribution < 1.29 is 14.6 Å². The molecule has 1 aromatic heterocycles. The maximum atomic E-state index is 11.2. The Morgan fingerprint density at radius 2 is 2.22 bits per heavy atom. The molecule has 1 aliphatic rings. The average molecular weight is 315 g/mol. The van der Waals surface area contributed by atoms with Crippen LogP contribution in [-0.4, -0.2) is 41.0 Å². The minimum absolute atomic E-state index is 0.311. The van der Waals surface area contributed by atoms with Crippen LogP contribution in [0.25, 0.3) is 11.3 Å². The van der Waals surface area contributed by atoms with Gasteiger partial charge in [-0.05, 0) is 49.6 Å². The fourth-order valence-corrected chi connectivity index (χ4v) is 2.91. The van der Waals surface area contributed by atoms with Crippen LogP contribution in [0.1, 0.15) is 19.8 Å². The number of anilines is 1. The summed E-state index contributed by atoms with van der Waals surface area (Å²) in [5, 5.41) is 16.6. The van der Waals surface area contributed by atoms with E-state index < -0.39 is 5.97 Å². The van der Waals surface area contributed by atoms with E-state index in [9.17, 15) is 9.90 Å². The van der Waals surface area contributed by atoms with Gasteiger partial charge in [0.2, 0.25) is 0 Å². The molecule has 0 spiro atoms. The third-order valence-electron chi connectivity index (χ3n) is 4.14. The van der Waals surface area contributed by atoms with Gasteiger partial charge in [0, 0.05) is 19.2 Å². The van der Waals surface area contributed by atoms with Crippen LogP contribution >= 0.6 is 0 Å². The molecule has 3 rings (SSSR count). The number of hydrogen-bond acceptors (Lipinski definition) is 4. The number of carbonyl (C=O) groups is 1. The SMILES string of the molecule is CCOc1ccc(-c2cc(N3CCCC(C(=O)O)C3)n[nH]2)cc1. The summed E-state index contributed by atoms with van der Waals surface area (Å²) >= 11 is 0. The molecule has 1 aliphatic heterocycles. The number of carboxylic acid groups (broad SMARTS) is 1. The lowest BCUT2D eigenvalue weighted by molar-refractivity contribution is -0.141. The third kappa shape index (κ3) is 3.47. The summed E-state index contributed by atoms with van der Waals surface area (Å²) in [6, 6.07) is 9.80. The maximum Gasteiger partial charge on any atom is 0.308 e. The monoisotopic (exact) mass is 315 g/mol. The molecule has 6 nitrogen and oxygen atoms in total. The quantitative estimate of drug-likeness (QED) is 0.887. The fraction of sp³-hybridized carbons (Fsp3) is 0.412. The molecule has 1 atom stereocenters. The Kier molecular flexibility index (Phi) is 4.50. The highest BCUT2D eigenvalue weighted by atomic mass is 16.5. The first-order valence-electron chi connectivity index (χ1n) is 7.93. The van der Waals surface area contributed by atoms with E-state index in [2.05, 4.69) is 10.2 Å². The summed E-state index contributed by atoms with van der Waals surface area (Å²) in [4.78, 5) is 13.2. The second kappa shape index (κ2) is 6.73. The molecule has 1 fully saturated rings. The first kappa shape index (κ1) is 15.4. The van der Waals surface area contributed by atoms with Crippen molar-refractivity contribution in [1.82, 2.24) is 10.2 Å². The lowest BCUT2D eigenvalue weighted by Gasteiger charge is -2.30. The van der Waals surface area contributed by atoms with Crippen molar-refractivity contribution in [2.75, 3.05) is 24.6 Å². The molecule has 0 saturated carbocycles.